The highest BCUT2D eigenvalue weighted by Crippen LogP contribution is 2.28. The first kappa shape index (κ1) is 15.2. The molecule has 124 valence electrons. The van der Waals surface area contributed by atoms with Crippen LogP contribution in [0.2, 0.25) is 0 Å². The summed E-state index contributed by atoms with van der Waals surface area (Å²) >= 11 is 0. The van der Waals surface area contributed by atoms with Crippen molar-refractivity contribution in [1.29, 1.82) is 0 Å². The minimum Gasteiger partial charge on any atom is -0.497 e. The zero-order valence-corrected chi connectivity index (χ0v) is 13.8. The molecule has 2 N–H and O–H groups in total. The van der Waals surface area contributed by atoms with Gasteiger partial charge in [-0.2, -0.15) is 0 Å². The fraction of sp³-hybridized carbons (Fsp3) is 0.300. The number of aromatic nitrogens is 1. The number of methoxy groups -OCH3 is 1. The number of H-pyrrole nitrogens is 1. The van der Waals surface area contributed by atoms with E-state index in [0.29, 0.717) is 6.54 Å². The lowest BCUT2D eigenvalue weighted by atomic mass is 10.0. The van der Waals surface area contributed by atoms with Crippen LogP contribution < -0.4 is 4.74 Å². The number of fused-ring (bicyclic) bond motifs is 3. The van der Waals surface area contributed by atoms with Crippen LogP contribution in [0.15, 0.2) is 48.5 Å². The summed E-state index contributed by atoms with van der Waals surface area (Å²) in [6.45, 7) is 2.45. The van der Waals surface area contributed by atoms with Gasteiger partial charge in [0.1, 0.15) is 5.75 Å². The minimum absolute atomic E-state index is 0.508. The zero-order chi connectivity index (χ0) is 16.5. The number of nitrogens with zero attached hydrogens (tertiary/aromatic N) is 1. The molecule has 0 radical (unpaired) electrons. The van der Waals surface area contributed by atoms with Gasteiger partial charge in [-0.15, -0.1) is 0 Å². The number of nitrogens with one attached hydrogen (secondary N) is 1. The largest absolute Gasteiger partial charge is 0.497 e. The van der Waals surface area contributed by atoms with Gasteiger partial charge in [0.25, 0.3) is 0 Å². The maximum Gasteiger partial charge on any atom is 0.119 e. The van der Waals surface area contributed by atoms with Gasteiger partial charge in [0.2, 0.25) is 0 Å². The molecule has 1 aliphatic heterocycles. The summed E-state index contributed by atoms with van der Waals surface area (Å²) in [6.07, 6.45) is 0.510. The highest BCUT2D eigenvalue weighted by atomic mass is 16.5. The Bertz CT molecular complexity index is 856. The molecule has 2 heterocycles. The highest BCUT2D eigenvalue weighted by Gasteiger charge is 2.22. The van der Waals surface area contributed by atoms with Crippen molar-refractivity contribution < 1.29 is 9.84 Å². The summed E-state index contributed by atoms with van der Waals surface area (Å²) in [7, 11) is 1.65. The fourth-order valence-corrected chi connectivity index (χ4v) is 3.60. The molecule has 0 saturated carbocycles. The molecule has 4 nitrogen and oxygen atoms in total. The molecule has 1 unspecified atom stereocenters. The van der Waals surface area contributed by atoms with Crippen molar-refractivity contribution in [3.05, 3.63) is 65.4 Å². The Balaban J connectivity index is 1.50. The number of aliphatic hydroxyl groups excluding tert-OH is 1. The number of rotatable bonds is 4. The van der Waals surface area contributed by atoms with Crippen LogP contribution in [-0.2, 0) is 13.0 Å². The maximum absolute atomic E-state index is 10.6. The predicted molar refractivity (Wildman–Crippen MR) is 95.2 cm³/mol. The summed E-state index contributed by atoms with van der Waals surface area (Å²) in [4.78, 5) is 5.84. The van der Waals surface area contributed by atoms with Crippen molar-refractivity contribution in [2.75, 3.05) is 20.2 Å². The second-order valence-corrected chi connectivity index (χ2v) is 6.41. The molecular formula is C20H22N2O2. The second-order valence-electron chi connectivity index (χ2n) is 6.41. The van der Waals surface area contributed by atoms with Crippen molar-refractivity contribution in [1.82, 2.24) is 9.88 Å². The SMILES string of the molecule is COc1cccc(C(O)CN2CCc3c([nH]c4ccccc34)C2)c1. The molecule has 0 aliphatic carbocycles. The van der Waals surface area contributed by atoms with Gasteiger partial charge < -0.3 is 14.8 Å². The third-order valence-electron chi connectivity index (χ3n) is 4.87. The van der Waals surface area contributed by atoms with Crippen LogP contribution in [-0.4, -0.2) is 35.2 Å². The number of aromatic amines is 1. The second kappa shape index (κ2) is 6.30. The molecule has 1 atom stereocenters. The first-order chi connectivity index (χ1) is 11.7. The number of para-hydroxylation sites is 1. The van der Waals surface area contributed by atoms with E-state index in [1.54, 1.807) is 7.11 Å². The summed E-state index contributed by atoms with van der Waals surface area (Å²) < 4.78 is 5.25. The van der Waals surface area contributed by atoms with Gasteiger partial charge >= 0.3 is 0 Å². The number of hydrogen-bond acceptors (Lipinski definition) is 3. The monoisotopic (exact) mass is 322 g/mol. The standard InChI is InChI=1S/C20H22N2O2/c1-24-15-6-4-5-14(11-15)20(23)13-22-10-9-17-16-7-2-3-8-18(16)21-19(17)12-22/h2-8,11,20-21,23H,9-10,12-13H2,1H3. The Morgan fingerprint density at radius 1 is 1.21 bits per heavy atom. The van der Waals surface area contributed by atoms with Crippen molar-refractivity contribution in [3.63, 3.8) is 0 Å². The number of β-amino-alcohol motifs (C(OH)–C–C–N with tert-alkyl or cyclic N) is 1. The van der Waals surface area contributed by atoms with Gasteiger partial charge in [0, 0.05) is 36.2 Å². The third kappa shape index (κ3) is 2.79. The van der Waals surface area contributed by atoms with Crippen LogP contribution in [0.4, 0.5) is 0 Å². The average molecular weight is 322 g/mol. The van der Waals surface area contributed by atoms with Gasteiger partial charge in [0.05, 0.1) is 13.2 Å². The van der Waals surface area contributed by atoms with Gasteiger partial charge in [0.15, 0.2) is 0 Å². The van der Waals surface area contributed by atoms with Crippen molar-refractivity contribution in [2.24, 2.45) is 0 Å². The van der Waals surface area contributed by atoms with E-state index in [-0.39, 0.29) is 0 Å². The third-order valence-corrected chi connectivity index (χ3v) is 4.87. The van der Waals surface area contributed by atoms with Gasteiger partial charge in [-0.1, -0.05) is 30.3 Å². The van der Waals surface area contributed by atoms with Crippen LogP contribution in [0.3, 0.4) is 0 Å². The normalized spacial score (nSPS) is 16.1. The number of hydrogen-bond donors (Lipinski definition) is 2. The summed E-state index contributed by atoms with van der Waals surface area (Å²) in [6, 6.07) is 16.1. The van der Waals surface area contributed by atoms with E-state index in [4.69, 9.17) is 4.74 Å². The zero-order valence-electron chi connectivity index (χ0n) is 13.8. The maximum atomic E-state index is 10.6. The molecular weight excluding hydrogens is 300 g/mol. The summed E-state index contributed by atoms with van der Waals surface area (Å²) in [5.41, 5.74) is 4.81. The Morgan fingerprint density at radius 3 is 2.96 bits per heavy atom. The molecule has 0 amide bonds. The van der Waals surface area contributed by atoms with E-state index in [1.165, 1.54) is 22.2 Å². The number of aliphatic hydroxyl groups is 1. The number of ether oxygens (including phenoxy) is 1. The lowest BCUT2D eigenvalue weighted by Crippen LogP contribution is -2.33. The van der Waals surface area contributed by atoms with Crippen molar-refractivity contribution in [2.45, 2.75) is 19.1 Å². The Hall–Kier alpha value is -2.30. The van der Waals surface area contributed by atoms with Crippen LogP contribution in [0.5, 0.6) is 5.75 Å². The molecule has 3 aromatic rings. The Labute approximate surface area is 141 Å². The quantitative estimate of drug-likeness (QED) is 0.775. The predicted octanol–water partition coefficient (Wildman–Crippen LogP) is 3.27. The first-order valence-corrected chi connectivity index (χ1v) is 8.37. The molecule has 2 aromatic carbocycles. The van der Waals surface area contributed by atoms with Crippen LogP contribution >= 0.6 is 0 Å². The molecule has 1 aliphatic rings. The van der Waals surface area contributed by atoms with Gasteiger partial charge in [-0.25, -0.2) is 0 Å². The van der Waals surface area contributed by atoms with Crippen molar-refractivity contribution in [3.8, 4) is 5.75 Å². The fourth-order valence-electron chi connectivity index (χ4n) is 3.60. The summed E-state index contributed by atoms with van der Waals surface area (Å²) in [5, 5.41) is 11.9. The van der Waals surface area contributed by atoms with E-state index in [9.17, 15) is 5.11 Å². The van der Waals surface area contributed by atoms with E-state index < -0.39 is 6.10 Å². The Kier molecular flexibility index (Phi) is 4.00. The molecule has 0 saturated heterocycles. The molecule has 24 heavy (non-hydrogen) atoms. The van der Waals surface area contributed by atoms with Crippen LogP contribution in [0, 0.1) is 0 Å². The molecule has 1 aromatic heterocycles. The Morgan fingerprint density at radius 2 is 2.08 bits per heavy atom. The van der Waals surface area contributed by atoms with E-state index >= 15 is 0 Å². The lowest BCUT2D eigenvalue weighted by molar-refractivity contribution is 0.105. The average Bonchev–Trinajstić information content (AvgIpc) is 2.99. The van der Waals surface area contributed by atoms with Crippen LogP contribution in [0.25, 0.3) is 10.9 Å². The lowest BCUT2D eigenvalue weighted by Gasteiger charge is -2.29. The van der Waals surface area contributed by atoms with E-state index in [2.05, 4.69) is 34.1 Å². The van der Waals surface area contributed by atoms with Gasteiger partial charge in [-0.3, -0.25) is 4.90 Å². The van der Waals surface area contributed by atoms with Gasteiger partial charge in [-0.05, 0) is 35.7 Å². The molecule has 0 bridgehead atoms. The topological polar surface area (TPSA) is 48.5 Å². The molecule has 4 rings (SSSR count). The molecule has 4 heteroatoms. The van der Waals surface area contributed by atoms with Crippen LogP contribution in [0.1, 0.15) is 22.9 Å². The number of benzene rings is 2. The van der Waals surface area contributed by atoms with E-state index in [0.717, 1.165) is 30.8 Å². The van der Waals surface area contributed by atoms with Crippen molar-refractivity contribution >= 4 is 10.9 Å². The smallest absolute Gasteiger partial charge is 0.119 e. The first-order valence-electron chi connectivity index (χ1n) is 8.37. The molecule has 0 spiro atoms. The summed E-state index contributed by atoms with van der Waals surface area (Å²) in [5.74, 6) is 0.781. The highest BCUT2D eigenvalue weighted by molar-refractivity contribution is 5.84. The minimum atomic E-state index is -0.508. The van der Waals surface area contributed by atoms with E-state index in [1.807, 2.05) is 24.3 Å². The molecule has 0 fully saturated rings.